The Bertz CT molecular complexity index is 283. The van der Waals surface area contributed by atoms with Crippen LogP contribution in [0.15, 0.2) is 49.6 Å². The second kappa shape index (κ2) is 19.5. The van der Waals surface area contributed by atoms with E-state index in [1.165, 1.54) is 0 Å². The van der Waals surface area contributed by atoms with E-state index >= 15 is 0 Å². The van der Waals surface area contributed by atoms with Gasteiger partial charge in [-0.15, -0.1) is 25.0 Å². The van der Waals surface area contributed by atoms with Crippen molar-refractivity contribution in [2.24, 2.45) is 0 Å². The number of ketones is 2. The summed E-state index contributed by atoms with van der Waals surface area (Å²) in [6.45, 7) is 10.1. The molecule has 0 unspecified atom stereocenters. The molecule has 0 atom stereocenters. The molecular weight excluding hydrogens is 313 g/mol. The molecule has 0 aliphatic carbocycles. The van der Waals surface area contributed by atoms with Crippen molar-refractivity contribution < 1.29 is 42.3 Å². The van der Waals surface area contributed by atoms with Crippen LogP contribution < -0.4 is 0 Å². The van der Waals surface area contributed by atoms with Crippen molar-refractivity contribution in [2.45, 2.75) is 26.7 Å². The fourth-order valence-electron chi connectivity index (χ4n) is 0.818. The van der Waals surface area contributed by atoms with Crippen molar-refractivity contribution in [1.82, 2.24) is 0 Å². The van der Waals surface area contributed by atoms with Gasteiger partial charge in [-0.1, -0.05) is 37.5 Å². The zero-order valence-corrected chi connectivity index (χ0v) is 14.7. The van der Waals surface area contributed by atoms with Crippen LogP contribution in [0.2, 0.25) is 0 Å². The number of hydrogen-bond acceptors (Lipinski definition) is 2. The Labute approximate surface area is 142 Å². The normalized spacial score (nSPS) is 8.95. The predicted molar refractivity (Wildman–Crippen MR) is 77.9 cm³/mol. The van der Waals surface area contributed by atoms with Gasteiger partial charge < -0.3 is 22.4 Å². The molecule has 0 fully saturated rings. The van der Waals surface area contributed by atoms with Gasteiger partial charge in [-0.05, 0) is 25.4 Å². The molecule has 103 valence electrons. The average Bonchev–Trinajstić information content (AvgIpc) is 2.31. The summed E-state index contributed by atoms with van der Waals surface area (Å²) < 4.78 is 0. The van der Waals surface area contributed by atoms with Gasteiger partial charge >= 0.3 is 0 Å². The van der Waals surface area contributed by atoms with Gasteiger partial charge in [0, 0.05) is 32.7 Å². The summed E-state index contributed by atoms with van der Waals surface area (Å²) in [5.41, 5.74) is 0. The maximum atomic E-state index is 10.3. The second-order valence-corrected chi connectivity index (χ2v) is 3.43. The first-order valence-electron chi connectivity index (χ1n) is 5.77. The smallest absolute Gasteiger partial charge is 0 e. The number of carbonyl (C=O) groups excluding carboxylic acids is 2. The first kappa shape index (κ1) is 23.3. The molecule has 0 aliphatic heterocycles. The van der Waals surface area contributed by atoms with E-state index in [4.69, 9.17) is 0 Å². The molecule has 0 saturated carbocycles. The Morgan fingerprint density at radius 1 is 0.895 bits per heavy atom. The second-order valence-electron chi connectivity index (χ2n) is 3.43. The fraction of sp³-hybridized carbons (Fsp3) is 0.250. The Hall–Kier alpha value is -0.856. The minimum absolute atomic E-state index is 0. The summed E-state index contributed by atoms with van der Waals surface area (Å²) in [6, 6.07) is 0. The summed E-state index contributed by atoms with van der Waals surface area (Å²) in [6.07, 6.45) is 15.5. The summed E-state index contributed by atoms with van der Waals surface area (Å²) in [7, 11) is 0. The third kappa shape index (κ3) is 31.7. The van der Waals surface area contributed by atoms with Crippen LogP contribution in [0.1, 0.15) is 26.7 Å². The Kier molecular flexibility index (Phi) is 23.8. The average molecular weight is 335 g/mol. The van der Waals surface area contributed by atoms with Gasteiger partial charge in [0.1, 0.15) is 0 Å². The van der Waals surface area contributed by atoms with Gasteiger partial charge in [-0.3, -0.25) is 0 Å². The molecule has 0 spiro atoms. The molecule has 1 radical (unpaired) electrons. The zero-order chi connectivity index (χ0) is 14.2. The van der Waals surface area contributed by atoms with E-state index in [0.717, 1.165) is 0 Å². The summed E-state index contributed by atoms with van der Waals surface area (Å²) in [4.78, 5) is 20.6. The van der Waals surface area contributed by atoms with E-state index in [9.17, 15) is 9.59 Å². The number of rotatable bonds is 8. The van der Waals surface area contributed by atoms with Crippen LogP contribution in [0.25, 0.3) is 0 Å². The third-order valence-electron chi connectivity index (χ3n) is 1.63. The zero-order valence-electron chi connectivity index (χ0n) is 11.8. The van der Waals surface area contributed by atoms with Crippen molar-refractivity contribution in [3.63, 3.8) is 0 Å². The first-order chi connectivity index (χ1) is 8.54. The van der Waals surface area contributed by atoms with E-state index < -0.39 is 0 Å². The van der Waals surface area contributed by atoms with E-state index in [1.54, 1.807) is 38.8 Å². The van der Waals surface area contributed by atoms with Gasteiger partial charge in [0.25, 0.3) is 0 Å². The van der Waals surface area contributed by atoms with Crippen LogP contribution >= 0.6 is 0 Å². The molecule has 0 bridgehead atoms. The molecule has 0 aliphatic rings. The topological polar surface area (TPSA) is 34.1 Å². The van der Waals surface area contributed by atoms with E-state index in [2.05, 4.69) is 13.2 Å². The molecule has 0 N–H and O–H groups in total. The van der Waals surface area contributed by atoms with Crippen molar-refractivity contribution in [1.29, 1.82) is 0 Å². The Balaban J connectivity index is -0.000000256. The molecule has 0 aromatic heterocycles. The maximum Gasteiger partial charge on any atom is 0 e. The van der Waals surface area contributed by atoms with E-state index in [1.807, 2.05) is 24.3 Å². The van der Waals surface area contributed by atoms with Crippen LogP contribution in [0.5, 0.6) is 0 Å². The van der Waals surface area contributed by atoms with Crippen molar-refractivity contribution >= 4 is 11.6 Å². The quantitative estimate of drug-likeness (QED) is 0.499. The van der Waals surface area contributed by atoms with Crippen LogP contribution in [-0.4, -0.2) is 11.6 Å². The van der Waals surface area contributed by atoms with Crippen LogP contribution in [0.3, 0.4) is 0 Å². The first-order valence-corrected chi connectivity index (χ1v) is 5.77. The fourth-order valence-corrected chi connectivity index (χ4v) is 0.818. The molecule has 0 heterocycles. The Morgan fingerprint density at radius 3 is 1.42 bits per heavy atom. The molecule has 3 heteroatoms. The Morgan fingerprint density at radius 2 is 1.21 bits per heavy atom. The largest absolute Gasteiger partial charge is 0.335 e. The third-order valence-corrected chi connectivity index (χ3v) is 1.63. The number of carbonyl (C=O) groups is 2. The molecular formula is C16H22O2Y-2. The number of Topliss-reactive ketones (excluding diaryl/α,β-unsaturated/α-hetero) is 2. The van der Waals surface area contributed by atoms with E-state index in [0.29, 0.717) is 12.8 Å². The van der Waals surface area contributed by atoms with Gasteiger partial charge in [-0.2, -0.15) is 0 Å². The predicted octanol–water partition coefficient (Wildman–Crippen LogP) is 3.82. The van der Waals surface area contributed by atoms with E-state index in [-0.39, 0.29) is 44.3 Å². The molecule has 2 nitrogen and oxygen atoms in total. The molecule has 0 rings (SSSR count). The SMILES string of the molecule is C=C/C=C/C[CH-]C(C)=O.C=C/C=C/C[CH-]C(C)=O.[Y]. The van der Waals surface area contributed by atoms with Gasteiger partial charge in [-0.25, -0.2) is 0 Å². The van der Waals surface area contributed by atoms with Crippen molar-refractivity contribution in [2.75, 3.05) is 0 Å². The van der Waals surface area contributed by atoms with Gasteiger partial charge in [0.15, 0.2) is 0 Å². The number of allylic oxidation sites excluding steroid dienone is 6. The molecule has 19 heavy (non-hydrogen) atoms. The molecule has 0 saturated heterocycles. The van der Waals surface area contributed by atoms with Crippen molar-refractivity contribution in [3.05, 3.63) is 62.5 Å². The summed E-state index contributed by atoms with van der Waals surface area (Å²) in [5, 5.41) is 0. The summed E-state index contributed by atoms with van der Waals surface area (Å²) in [5.74, 6) is 0.229. The number of hydrogen-bond donors (Lipinski definition) is 0. The molecule has 0 aromatic rings. The van der Waals surface area contributed by atoms with Gasteiger partial charge in [0.05, 0.1) is 0 Å². The maximum absolute atomic E-state index is 10.3. The summed E-state index contributed by atoms with van der Waals surface area (Å²) >= 11 is 0. The minimum atomic E-state index is 0. The monoisotopic (exact) mass is 335 g/mol. The standard InChI is InChI=1S/2C8H11O.Y/c2*1-3-4-5-6-7-8(2)9;/h2*3-5,7H,1,6H2,2H3;/q2*-1;/b2*5-4+;. The van der Waals surface area contributed by atoms with Crippen LogP contribution in [-0.2, 0) is 42.3 Å². The van der Waals surface area contributed by atoms with Gasteiger partial charge in [0.2, 0.25) is 0 Å². The van der Waals surface area contributed by atoms with Crippen LogP contribution in [0, 0.1) is 12.8 Å². The minimum Gasteiger partial charge on any atom is -0.335 e. The molecule has 0 amide bonds. The van der Waals surface area contributed by atoms with Crippen LogP contribution in [0.4, 0.5) is 0 Å². The van der Waals surface area contributed by atoms with Crippen molar-refractivity contribution in [3.8, 4) is 0 Å². The molecule has 0 aromatic carbocycles.